The molecule has 0 saturated heterocycles. The second kappa shape index (κ2) is 5.75. The van der Waals surface area contributed by atoms with E-state index in [1.165, 1.54) is 19.1 Å². The molecule has 0 aliphatic rings. The van der Waals surface area contributed by atoms with Gasteiger partial charge in [0.05, 0.1) is 5.38 Å². The Labute approximate surface area is 108 Å². The minimum absolute atomic E-state index is 0.00185. The number of hydrogen-bond donors (Lipinski definition) is 2. The van der Waals surface area contributed by atoms with Crippen LogP contribution in [0, 0.1) is 0 Å². The number of benzene rings is 1. The number of ketones is 1. The third-order valence-electron chi connectivity index (χ3n) is 2.37. The number of hydrogen-bond acceptors (Lipinski definition) is 4. The van der Waals surface area contributed by atoms with Crippen LogP contribution >= 0.6 is 11.6 Å². The average Bonchev–Trinajstić information content (AvgIpc) is 2.35. The maximum atomic E-state index is 11.8. The van der Waals surface area contributed by atoms with Crippen LogP contribution in [0.1, 0.15) is 39.3 Å². The van der Waals surface area contributed by atoms with Gasteiger partial charge in [0.15, 0.2) is 11.9 Å². The largest absolute Gasteiger partial charge is 0.479 e. The van der Waals surface area contributed by atoms with Crippen molar-refractivity contribution < 1.29 is 24.6 Å². The lowest BCUT2D eigenvalue weighted by Crippen LogP contribution is -2.19. The Kier molecular flexibility index (Phi) is 4.58. The Morgan fingerprint density at radius 1 is 1.39 bits per heavy atom. The number of aliphatic hydroxyl groups is 1. The number of aliphatic hydroxyl groups excluding tert-OH is 1. The molecule has 0 aromatic heterocycles. The van der Waals surface area contributed by atoms with Gasteiger partial charge in [-0.05, 0) is 13.0 Å². The van der Waals surface area contributed by atoms with Gasteiger partial charge in [0.25, 0.3) is 0 Å². The van der Waals surface area contributed by atoms with E-state index in [0.717, 1.165) is 6.07 Å². The number of alkyl halides is 1. The molecule has 0 aliphatic carbocycles. The van der Waals surface area contributed by atoms with Gasteiger partial charge in [-0.1, -0.05) is 12.1 Å². The van der Waals surface area contributed by atoms with Crippen molar-refractivity contribution in [2.24, 2.45) is 0 Å². The van der Waals surface area contributed by atoms with E-state index in [-0.39, 0.29) is 16.7 Å². The molecule has 1 aromatic carbocycles. The predicted octanol–water partition coefficient (Wildman–Crippen LogP) is 1.43. The van der Waals surface area contributed by atoms with Crippen LogP contribution < -0.4 is 0 Å². The smallest absolute Gasteiger partial charge is 0.337 e. The van der Waals surface area contributed by atoms with E-state index in [1.54, 1.807) is 0 Å². The van der Waals surface area contributed by atoms with Crippen LogP contribution in [0.5, 0.6) is 0 Å². The van der Waals surface area contributed by atoms with Gasteiger partial charge in [-0.25, -0.2) is 4.79 Å². The third kappa shape index (κ3) is 2.94. The third-order valence-corrected chi connectivity index (χ3v) is 2.57. The van der Waals surface area contributed by atoms with Gasteiger partial charge in [-0.15, -0.1) is 11.6 Å². The highest BCUT2D eigenvalue weighted by atomic mass is 35.5. The molecule has 0 saturated carbocycles. The van der Waals surface area contributed by atoms with Crippen molar-refractivity contribution in [3.63, 3.8) is 0 Å². The highest BCUT2D eigenvalue weighted by molar-refractivity contribution is 6.33. The first-order valence-electron chi connectivity index (χ1n) is 5.06. The first-order valence-corrected chi connectivity index (χ1v) is 5.50. The predicted molar refractivity (Wildman–Crippen MR) is 64.1 cm³/mol. The standard InChI is InChI=1S/C12H11ClO5/c1-6(13)10(15)8-3-2-7(5-14)4-9(8)11(16)12(17)18/h2-6,11,16H,1H3,(H,17,18). The van der Waals surface area contributed by atoms with Gasteiger partial charge in [0.2, 0.25) is 0 Å². The molecule has 0 spiro atoms. The summed E-state index contributed by atoms with van der Waals surface area (Å²) in [6.07, 6.45) is -1.38. The quantitative estimate of drug-likeness (QED) is 0.480. The Morgan fingerprint density at radius 2 is 2.00 bits per heavy atom. The second-order valence-corrected chi connectivity index (χ2v) is 4.34. The molecule has 0 radical (unpaired) electrons. The second-order valence-electron chi connectivity index (χ2n) is 3.69. The molecule has 0 amide bonds. The van der Waals surface area contributed by atoms with Crippen molar-refractivity contribution in [2.75, 3.05) is 0 Å². The summed E-state index contributed by atoms with van der Waals surface area (Å²) in [5.74, 6) is -2.02. The maximum Gasteiger partial charge on any atom is 0.337 e. The fourth-order valence-corrected chi connectivity index (χ4v) is 1.57. The number of Topliss-reactive ketones (excluding diaryl/α,β-unsaturated/α-hetero) is 1. The van der Waals surface area contributed by atoms with Gasteiger partial charge < -0.3 is 10.2 Å². The van der Waals surface area contributed by atoms with Crippen molar-refractivity contribution in [1.82, 2.24) is 0 Å². The molecule has 2 unspecified atom stereocenters. The van der Waals surface area contributed by atoms with E-state index in [9.17, 15) is 19.5 Å². The average molecular weight is 271 g/mol. The topological polar surface area (TPSA) is 91.7 Å². The van der Waals surface area contributed by atoms with E-state index in [1.807, 2.05) is 0 Å². The van der Waals surface area contributed by atoms with Crippen molar-refractivity contribution in [1.29, 1.82) is 0 Å². The Morgan fingerprint density at radius 3 is 2.44 bits per heavy atom. The first kappa shape index (κ1) is 14.3. The number of carboxylic acids is 1. The summed E-state index contributed by atoms with van der Waals surface area (Å²) in [6.45, 7) is 1.44. The first-order chi connectivity index (χ1) is 8.38. The normalized spacial score (nSPS) is 13.7. The lowest BCUT2D eigenvalue weighted by molar-refractivity contribution is -0.146. The zero-order valence-corrected chi connectivity index (χ0v) is 10.2. The minimum atomic E-state index is -1.88. The fraction of sp³-hybridized carbons (Fsp3) is 0.250. The van der Waals surface area contributed by atoms with Gasteiger partial charge in [-0.3, -0.25) is 9.59 Å². The highest BCUT2D eigenvalue weighted by Crippen LogP contribution is 2.22. The van der Waals surface area contributed by atoms with E-state index in [0.29, 0.717) is 6.29 Å². The molecular weight excluding hydrogens is 260 g/mol. The summed E-state index contributed by atoms with van der Waals surface area (Å²) in [7, 11) is 0. The number of carbonyl (C=O) groups excluding carboxylic acids is 2. The Hall–Kier alpha value is -1.72. The number of rotatable bonds is 5. The van der Waals surface area contributed by atoms with Crippen LogP contribution in [-0.4, -0.2) is 33.6 Å². The Bertz CT molecular complexity index is 495. The van der Waals surface area contributed by atoms with E-state index < -0.39 is 23.2 Å². The van der Waals surface area contributed by atoms with Crippen molar-refractivity contribution >= 4 is 29.6 Å². The SMILES string of the molecule is CC(Cl)C(=O)c1ccc(C=O)cc1C(O)C(=O)O. The van der Waals surface area contributed by atoms with Crippen LogP contribution in [0.25, 0.3) is 0 Å². The van der Waals surface area contributed by atoms with Crippen LogP contribution in [0.15, 0.2) is 18.2 Å². The molecule has 18 heavy (non-hydrogen) atoms. The number of halogens is 1. The Balaban J connectivity index is 3.37. The van der Waals surface area contributed by atoms with Crippen LogP contribution in [-0.2, 0) is 4.79 Å². The lowest BCUT2D eigenvalue weighted by Gasteiger charge is -2.13. The molecule has 2 N–H and O–H groups in total. The molecule has 96 valence electrons. The molecule has 0 heterocycles. The number of carbonyl (C=O) groups is 3. The zero-order valence-electron chi connectivity index (χ0n) is 9.46. The van der Waals surface area contributed by atoms with Crippen LogP contribution in [0.2, 0.25) is 0 Å². The highest BCUT2D eigenvalue weighted by Gasteiger charge is 2.24. The van der Waals surface area contributed by atoms with E-state index in [4.69, 9.17) is 16.7 Å². The molecule has 6 heteroatoms. The number of aldehydes is 1. The van der Waals surface area contributed by atoms with Crippen molar-refractivity contribution in [3.8, 4) is 0 Å². The van der Waals surface area contributed by atoms with E-state index >= 15 is 0 Å². The summed E-state index contributed by atoms with van der Waals surface area (Å²) in [4.78, 5) is 33.2. The summed E-state index contributed by atoms with van der Waals surface area (Å²) in [5, 5.41) is 17.4. The molecule has 0 aliphatic heterocycles. The van der Waals surface area contributed by atoms with Crippen LogP contribution in [0.3, 0.4) is 0 Å². The van der Waals surface area contributed by atoms with Gasteiger partial charge in [0, 0.05) is 16.7 Å². The fourth-order valence-electron chi connectivity index (χ4n) is 1.45. The minimum Gasteiger partial charge on any atom is -0.479 e. The van der Waals surface area contributed by atoms with Gasteiger partial charge in [-0.2, -0.15) is 0 Å². The molecule has 5 nitrogen and oxygen atoms in total. The molecular formula is C12H11ClO5. The molecule has 1 aromatic rings. The summed E-state index contributed by atoms with van der Waals surface area (Å²) >= 11 is 5.64. The molecule has 0 fully saturated rings. The van der Waals surface area contributed by atoms with Crippen LogP contribution in [0.4, 0.5) is 0 Å². The summed E-state index contributed by atoms with van der Waals surface area (Å²) in [6, 6.07) is 3.81. The molecule has 1 rings (SSSR count). The number of aliphatic carboxylic acids is 1. The summed E-state index contributed by atoms with van der Waals surface area (Å²) < 4.78 is 0. The number of carboxylic acid groups (broad SMARTS) is 1. The zero-order chi connectivity index (χ0) is 13.9. The van der Waals surface area contributed by atoms with Crippen molar-refractivity contribution in [3.05, 3.63) is 34.9 Å². The molecule has 2 atom stereocenters. The van der Waals surface area contributed by atoms with Crippen molar-refractivity contribution in [2.45, 2.75) is 18.4 Å². The lowest BCUT2D eigenvalue weighted by atomic mass is 9.95. The van der Waals surface area contributed by atoms with Gasteiger partial charge >= 0.3 is 5.97 Å². The van der Waals surface area contributed by atoms with E-state index in [2.05, 4.69) is 0 Å². The summed E-state index contributed by atoms with van der Waals surface area (Å²) in [5.41, 5.74) is 0.0340. The van der Waals surface area contributed by atoms with Gasteiger partial charge in [0.1, 0.15) is 6.29 Å². The molecule has 0 bridgehead atoms. The maximum absolute atomic E-state index is 11.8. The monoisotopic (exact) mass is 270 g/mol.